The van der Waals surface area contributed by atoms with Crippen molar-refractivity contribution < 1.29 is 17.9 Å². The second-order valence-electron chi connectivity index (χ2n) is 5.92. The fourth-order valence-electron chi connectivity index (χ4n) is 1.98. The Kier molecular flexibility index (Phi) is 7.05. The Morgan fingerprint density at radius 1 is 1.15 bits per heavy atom. The minimum absolute atomic E-state index is 0.132. The average Bonchev–Trinajstić information content (AvgIpc) is 2.60. The highest BCUT2D eigenvalue weighted by Gasteiger charge is 2.12. The molecule has 0 spiro atoms. The summed E-state index contributed by atoms with van der Waals surface area (Å²) in [6.45, 7) is 4.70. The number of benzene rings is 2. The summed E-state index contributed by atoms with van der Waals surface area (Å²) in [7, 11) is -2.16. The summed E-state index contributed by atoms with van der Waals surface area (Å²) in [6.07, 6.45) is 1.41. The number of hydrazone groups is 1. The third kappa shape index (κ3) is 5.74. The lowest BCUT2D eigenvalue weighted by molar-refractivity contribution is 0.257. The molecule has 0 atom stereocenters. The Morgan fingerprint density at radius 3 is 2.46 bits per heavy atom. The predicted molar refractivity (Wildman–Crippen MR) is 105 cm³/mol. The third-order valence-electron chi connectivity index (χ3n) is 3.27. The zero-order chi connectivity index (χ0) is 19.2. The lowest BCUT2D eigenvalue weighted by Crippen LogP contribution is -2.18. The number of nitrogens with zero attached hydrogens (tertiary/aromatic N) is 1. The van der Waals surface area contributed by atoms with Gasteiger partial charge < -0.3 is 9.47 Å². The van der Waals surface area contributed by atoms with Crippen LogP contribution in [0.5, 0.6) is 11.5 Å². The Hall–Kier alpha value is -2.06. The number of ether oxygens (including phenoxy) is 2. The van der Waals surface area contributed by atoms with Gasteiger partial charge in [-0.1, -0.05) is 29.8 Å². The van der Waals surface area contributed by atoms with Crippen molar-refractivity contribution in [1.82, 2.24) is 4.83 Å². The van der Waals surface area contributed by atoms with Crippen molar-refractivity contribution in [3.8, 4) is 11.5 Å². The number of sulfonamides is 1. The van der Waals surface area contributed by atoms with Crippen molar-refractivity contribution in [3.05, 3.63) is 52.5 Å². The smallest absolute Gasteiger partial charge is 0.276 e. The standard InChI is InChI=1S/C18H21BrN2O4S/c1-13(2)12-25-17-9-4-14(10-18(17)24-3)11-20-21-26(22,23)16-7-5-15(19)6-8-16/h4-11,13,21H,12H2,1-3H3/b20-11-. The first-order valence-electron chi connectivity index (χ1n) is 7.93. The minimum atomic E-state index is -3.71. The summed E-state index contributed by atoms with van der Waals surface area (Å²) in [5.41, 5.74) is 0.678. The van der Waals surface area contributed by atoms with Gasteiger partial charge in [-0.05, 0) is 53.9 Å². The van der Waals surface area contributed by atoms with Crippen molar-refractivity contribution in [2.45, 2.75) is 18.7 Å². The molecule has 0 bridgehead atoms. The van der Waals surface area contributed by atoms with E-state index in [9.17, 15) is 8.42 Å². The van der Waals surface area contributed by atoms with Gasteiger partial charge in [0.05, 0.1) is 24.8 Å². The molecule has 0 aliphatic heterocycles. The molecule has 0 heterocycles. The zero-order valence-corrected chi connectivity index (χ0v) is 17.2. The lowest BCUT2D eigenvalue weighted by Gasteiger charge is -2.12. The second-order valence-corrected chi connectivity index (χ2v) is 8.50. The van der Waals surface area contributed by atoms with Crippen molar-refractivity contribution >= 4 is 32.2 Å². The molecule has 6 nitrogen and oxygen atoms in total. The van der Waals surface area contributed by atoms with Crippen LogP contribution in [0, 0.1) is 5.92 Å². The highest BCUT2D eigenvalue weighted by molar-refractivity contribution is 9.10. The molecule has 0 aliphatic rings. The van der Waals surface area contributed by atoms with E-state index in [1.54, 1.807) is 37.4 Å². The summed E-state index contributed by atoms with van der Waals surface area (Å²) in [6, 6.07) is 11.6. The van der Waals surface area contributed by atoms with Gasteiger partial charge in [-0.2, -0.15) is 13.5 Å². The second kappa shape index (κ2) is 9.05. The van der Waals surface area contributed by atoms with Crippen LogP contribution in [-0.4, -0.2) is 28.3 Å². The number of hydrogen-bond acceptors (Lipinski definition) is 5. The molecule has 2 aromatic rings. The van der Waals surface area contributed by atoms with E-state index in [1.165, 1.54) is 18.3 Å². The number of methoxy groups -OCH3 is 1. The van der Waals surface area contributed by atoms with E-state index in [-0.39, 0.29) is 4.90 Å². The maximum Gasteiger partial charge on any atom is 0.276 e. The molecule has 0 unspecified atom stereocenters. The predicted octanol–water partition coefficient (Wildman–Crippen LogP) is 3.80. The molecule has 8 heteroatoms. The first-order chi connectivity index (χ1) is 12.3. The molecule has 0 aromatic heterocycles. The molecule has 2 aromatic carbocycles. The Bertz CT molecular complexity index is 865. The number of nitrogens with one attached hydrogen (secondary N) is 1. The summed E-state index contributed by atoms with van der Waals surface area (Å²) in [5.74, 6) is 1.59. The highest BCUT2D eigenvalue weighted by Crippen LogP contribution is 2.28. The highest BCUT2D eigenvalue weighted by atomic mass is 79.9. The first-order valence-corrected chi connectivity index (χ1v) is 10.2. The largest absolute Gasteiger partial charge is 0.493 e. The van der Waals surface area contributed by atoms with Gasteiger partial charge >= 0.3 is 0 Å². The van der Waals surface area contributed by atoms with Gasteiger partial charge in [0.25, 0.3) is 10.0 Å². The van der Waals surface area contributed by atoms with Crippen molar-refractivity contribution in [3.63, 3.8) is 0 Å². The van der Waals surface area contributed by atoms with Gasteiger partial charge in [0.1, 0.15) is 0 Å². The van der Waals surface area contributed by atoms with E-state index >= 15 is 0 Å². The van der Waals surface area contributed by atoms with E-state index in [1.807, 2.05) is 0 Å². The van der Waals surface area contributed by atoms with Gasteiger partial charge in [0, 0.05) is 4.47 Å². The van der Waals surface area contributed by atoms with Crippen molar-refractivity contribution in [2.24, 2.45) is 11.0 Å². The maximum atomic E-state index is 12.2. The number of hydrogen-bond donors (Lipinski definition) is 1. The molecule has 2 rings (SSSR count). The van der Waals surface area contributed by atoms with Gasteiger partial charge in [-0.15, -0.1) is 0 Å². The quantitative estimate of drug-likeness (QED) is 0.500. The van der Waals surface area contributed by atoms with Crippen LogP contribution in [0.15, 0.2) is 56.9 Å². The van der Waals surface area contributed by atoms with Gasteiger partial charge in [0.2, 0.25) is 0 Å². The third-order valence-corrected chi connectivity index (χ3v) is 5.04. The van der Waals surface area contributed by atoms with Gasteiger partial charge in [-0.25, -0.2) is 4.83 Å². The molecule has 140 valence electrons. The summed E-state index contributed by atoms with van der Waals surface area (Å²) in [4.78, 5) is 2.32. The monoisotopic (exact) mass is 440 g/mol. The molecular weight excluding hydrogens is 420 g/mol. The number of halogens is 1. The molecule has 26 heavy (non-hydrogen) atoms. The van der Waals surface area contributed by atoms with E-state index < -0.39 is 10.0 Å². The van der Waals surface area contributed by atoms with Gasteiger partial charge in [-0.3, -0.25) is 0 Å². The topological polar surface area (TPSA) is 77.0 Å². The zero-order valence-electron chi connectivity index (χ0n) is 14.8. The molecular formula is C18H21BrN2O4S. The van der Waals surface area contributed by atoms with Crippen LogP contribution in [0.4, 0.5) is 0 Å². The molecule has 0 aliphatic carbocycles. The molecule has 0 amide bonds. The summed E-state index contributed by atoms with van der Waals surface area (Å²) in [5, 5.41) is 3.82. The summed E-state index contributed by atoms with van der Waals surface area (Å²) >= 11 is 3.27. The van der Waals surface area contributed by atoms with Crippen LogP contribution < -0.4 is 14.3 Å². The summed E-state index contributed by atoms with van der Waals surface area (Å²) < 4.78 is 36.2. The van der Waals surface area contributed by atoms with Crippen LogP contribution in [0.3, 0.4) is 0 Å². The van der Waals surface area contributed by atoms with Crippen molar-refractivity contribution in [2.75, 3.05) is 13.7 Å². The minimum Gasteiger partial charge on any atom is -0.493 e. The van der Waals surface area contributed by atoms with E-state index in [0.29, 0.717) is 29.6 Å². The first kappa shape index (κ1) is 20.3. The fourth-order valence-corrected chi connectivity index (χ4v) is 3.03. The van der Waals surface area contributed by atoms with Crippen LogP contribution in [0.2, 0.25) is 0 Å². The number of rotatable bonds is 8. The van der Waals surface area contributed by atoms with Crippen LogP contribution in [0.25, 0.3) is 0 Å². The van der Waals surface area contributed by atoms with Crippen LogP contribution in [-0.2, 0) is 10.0 Å². The molecule has 0 fully saturated rings. The van der Waals surface area contributed by atoms with E-state index in [4.69, 9.17) is 9.47 Å². The Labute approximate surface area is 162 Å². The van der Waals surface area contributed by atoms with E-state index in [2.05, 4.69) is 39.7 Å². The van der Waals surface area contributed by atoms with Crippen LogP contribution >= 0.6 is 15.9 Å². The lowest BCUT2D eigenvalue weighted by atomic mass is 10.2. The normalized spacial score (nSPS) is 11.7. The maximum absolute atomic E-state index is 12.2. The average molecular weight is 441 g/mol. The van der Waals surface area contributed by atoms with Crippen LogP contribution in [0.1, 0.15) is 19.4 Å². The Morgan fingerprint density at radius 2 is 1.85 bits per heavy atom. The molecule has 0 saturated carbocycles. The van der Waals surface area contributed by atoms with Gasteiger partial charge in [0.15, 0.2) is 11.5 Å². The molecule has 0 radical (unpaired) electrons. The molecule has 1 N–H and O–H groups in total. The fraction of sp³-hybridized carbons (Fsp3) is 0.278. The SMILES string of the molecule is COc1cc(/C=N\NS(=O)(=O)c2ccc(Br)cc2)ccc1OCC(C)C. The van der Waals surface area contributed by atoms with Crippen molar-refractivity contribution in [1.29, 1.82) is 0 Å². The Balaban J connectivity index is 2.08. The molecule has 0 saturated heterocycles. The van der Waals surface area contributed by atoms with E-state index in [0.717, 1.165) is 4.47 Å².